The van der Waals surface area contributed by atoms with Gasteiger partial charge in [-0.25, -0.2) is 17.6 Å². The molecule has 0 bridgehead atoms. The van der Waals surface area contributed by atoms with E-state index < -0.39 is 37.7 Å². The third-order valence-electron chi connectivity index (χ3n) is 6.47. The molecule has 0 saturated carbocycles. The van der Waals surface area contributed by atoms with E-state index in [0.717, 1.165) is 5.56 Å². The molecule has 0 radical (unpaired) electrons. The summed E-state index contributed by atoms with van der Waals surface area (Å²) < 4.78 is 40.1. The molecule has 4 rings (SSSR count). The molecule has 180 valence electrons. The average molecular weight is 488 g/mol. The fraction of sp³-hybridized carbons (Fsp3) is 0.391. The number of Topliss-reactive ketones (excluding diaryl/α,β-unsaturated/α-hetero) is 1. The zero-order valence-corrected chi connectivity index (χ0v) is 19.9. The van der Waals surface area contributed by atoms with Crippen LogP contribution in [-0.2, 0) is 21.8 Å². The molecule has 1 aromatic heterocycles. The number of likely N-dealkylation sites (tertiary alicyclic amines) is 1. The van der Waals surface area contributed by atoms with Crippen molar-refractivity contribution < 1.29 is 22.4 Å². The number of amides is 2. The van der Waals surface area contributed by atoms with Gasteiger partial charge in [0.25, 0.3) is 0 Å². The van der Waals surface area contributed by atoms with Crippen LogP contribution in [-0.4, -0.2) is 66.6 Å². The third-order valence-corrected chi connectivity index (χ3v) is 9.07. The minimum absolute atomic E-state index is 0.0314. The fourth-order valence-corrected chi connectivity index (χ4v) is 6.75. The molecule has 1 fully saturated rings. The number of nitrogens with two attached hydrogens (primary N) is 1. The van der Waals surface area contributed by atoms with Gasteiger partial charge in [0.2, 0.25) is 0 Å². The monoisotopic (exact) mass is 487 g/mol. The molecule has 3 N–H and O–H groups in total. The molecular formula is C23H26FN5O4S. The van der Waals surface area contributed by atoms with Crippen LogP contribution in [0.2, 0.25) is 0 Å². The van der Waals surface area contributed by atoms with Crippen LogP contribution in [0.4, 0.5) is 9.18 Å². The molecule has 2 aliphatic rings. The average Bonchev–Trinajstić information content (AvgIpc) is 2.73. The Morgan fingerprint density at radius 2 is 1.94 bits per heavy atom. The van der Waals surface area contributed by atoms with Crippen LogP contribution in [0.25, 0.3) is 0 Å². The molecule has 0 unspecified atom stereocenters. The maximum absolute atomic E-state index is 14.9. The van der Waals surface area contributed by atoms with Gasteiger partial charge in [-0.05, 0) is 43.2 Å². The molecule has 2 aromatic rings. The standard InChI is InChI=1S/C23H26FN5O4S/c1-14-4-7-18(27-10-14)19(30)9-15-5-6-17(24)16(8-15)22(2)13-34(32,33)23(20(25)28-22)11-29(12-23)21(31)26-3/h4-8,10H,9,11-13H2,1-3H3,(H2,25,28)(H,26,31)/t22-/m0/s1. The van der Waals surface area contributed by atoms with Crippen LogP contribution < -0.4 is 11.1 Å². The summed E-state index contributed by atoms with van der Waals surface area (Å²) in [6.07, 6.45) is 1.56. The summed E-state index contributed by atoms with van der Waals surface area (Å²) in [5.41, 5.74) is 6.43. The minimum Gasteiger partial charge on any atom is -0.386 e. The molecule has 2 aliphatic heterocycles. The van der Waals surface area contributed by atoms with Crippen molar-refractivity contribution in [3.63, 3.8) is 0 Å². The predicted molar refractivity (Wildman–Crippen MR) is 125 cm³/mol. The zero-order chi connectivity index (χ0) is 24.9. The maximum atomic E-state index is 14.9. The van der Waals surface area contributed by atoms with Gasteiger partial charge in [-0.1, -0.05) is 12.1 Å². The van der Waals surface area contributed by atoms with Crippen LogP contribution in [0.15, 0.2) is 41.5 Å². The molecular weight excluding hydrogens is 461 g/mol. The van der Waals surface area contributed by atoms with E-state index in [1.165, 1.54) is 37.1 Å². The summed E-state index contributed by atoms with van der Waals surface area (Å²) in [5, 5.41) is 2.45. The number of halogens is 1. The number of rotatable bonds is 4. The van der Waals surface area contributed by atoms with Crippen molar-refractivity contribution in [3.05, 3.63) is 64.7 Å². The number of aromatic nitrogens is 1. The zero-order valence-electron chi connectivity index (χ0n) is 19.1. The van der Waals surface area contributed by atoms with E-state index >= 15 is 0 Å². The predicted octanol–water partition coefficient (Wildman–Crippen LogP) is 1.35. The Morgan fingerprint density at radius 3 is 2.53 bits per heavy atom. The van der Waals surface area contributed by atoms with E-state index in [9.17, 15) is 22.4 Å². The second-order valence-electron chi connectivity index (χ2n) is 9.07. The van der Waals surface area contributed by atoms with Crippen molar-refractivity contribution in [3.8, 4) is 0 Å². The van der Waals surface area contributed by atoms with Crippen molar-refractivity contribution in [1.29, 1.82) is 0 Å². The number of hydrogen-bond donors (Lipinski definition) is 2. The Labute approximate surface area is 197 Å². The number of hydrogen-bond acceptors (Lipinski definition) is 7. The van der Waals surface area contributed by atoms with Gasteiger partial charge in [-0.3, -0.25) is 14.8 Å². The van der Waals surface area contributed by atoms with E-state index in [2.05, 4.69) is 15.3 Å². The van der Waals surface area contributed by atoms with E-state index in [-0.39, 0.29) is 42.4 Å². The Bertz CT molecular complexity index is 1300. The second kappa shape index (κ2) is 8.15. The minimum atomic E-state index is -3.89. The number of ketones is 1. The van der Waals surface area contributed by atoms with Gasteiger partial charge >= 0.3 is 6.03 Å². The number of aryl methyl sites for hydroxylation is 1. The number of pyridine rings is 1. The van der Waals surface area contributed by atoms with Gasteiger partial charge in [0, 0.05) is 25.2 Å². The van der Waals surface area contributed by atoms with E-state index in [1.807, 2.05) is 6.92 Å². The van der Waals surface area contributed by atoms with Crippen LogP contribution in [0.3, 0.4) is 0 Å². The molecule has 1 aromatic carbocycles. The van der Waals surface area contributed by atoms with Crippen molar-refractivity contribution in [2.24, 2.45) is 10.7 Å². The Morgan fingerprint density at radius 1 is 1.24 bits per heavy atom. The first kappa shape index (κ1) is 23.8. The topological polar surface area (TPSA) is 135 Å². The van der Waals surface area contributed by atoms with Gasteiger partial charge in [-0.15, -0.1) is 0 Å². The maximum Gasteiger partial charge on any atom is 0.317 e. The number of benzene rings is 1. The van der Waals surface area contributed by atoms with E-state index in [1.54, 1.807) is 18.3 Å². The number of sulfone groups is 1. The Balaban J connectivity index is 1.65. The number of carbonyl (C=O) groups excluding carboxylic acids is 2. The first-order valence-electron chi connectivity index (χ1n) is 10.7. The number of urea groups is 1. The molecule has 9 nitrogen and oxygen atoms in total. The van der Waals surface area contributed by atoms with E-state index in [4.69, 9.17) is 5.73 Å². The number of nitrogens with zero attached hydrogens (tertiary/aromatic N) is 3. The summed E-state index contributed by atoms with van der Waals surface area (Å²) in [5.74, 6) is -1.51. The van der Waals surface area contributed by atoms with Gasteiger partial charge in [0.05, 0.1) is 18.8 Å². The number of amidine groups is 1. The van der Waals surface area contributed by atoms with Crippen LogP contribution in [0.5, 0.6) is 0 Å². The molecule has 3 heterocycles. The second-order valence-corrected chi connectivity index (χ2v) is 11.4. The summed E-state index contributed by atoms with van der Waals surface area (Å²) in [7, 11) is -2.44. The lowest BCUT2D eigenvalue weighted by molar-refractivity contribution is 0.0988. The lowest BCUT2D eigenvalue weighted by Gasteiger charge is -2.51. The van der Waals surface area contributed by atoms with Gasteiger partial charge in [-0.2, -0.15) is 0 Å². The summed E-state index contributed by atoms with van der Waals surface area (Å²) in [6, 6.07) is 7.14. The highest BCUT2D eigenvalue weighted by atomic mass is 32.2. The van der Waals surface area contributed by atoms with Crippen molar-refractivity contribution in [1.82, 2.24) is 15.2 Å². The highest BCUT2D eigenvalue weighted by molar-refractivity contribution is 7.93. The highest BCUT2D eigenvalue weighted by Crippen LogP contribution is 2.42. The lowest BCUT2D eigenvalue weighted by atomic mass is 9.89. The largest absolute Gasteiger partial charge is 0.386 e. The van der Waals surface area contributed by atoms with Gasteiger partial charge in [0.1, 0.15) is 22.9 Å². The Hall–Kier alpha value is -3.34. The smallest absolute Gasteiger partial charge is 0.317 e. The molecule has 2 amide bonds. The van der Waals surface area contributed by atoms with Crippen LogP contribution in [0.1, 0.15) is 34.1 Å². The van der Waals surface area contributed by atoms with Gasteiger partial charge in [0.15, 0.2) is 20.4 Å². The Kier molecular flexibility index (Phi) is 5.71. The van der Waals surface area contributed by atoms with Crippen molar-refractivity contribution >= 4 is 27.5 Å². The van der Waals surface area contributed by atoms with Crippen molar-refractivity contribution in [2.45, 2.75) is 30.6 Å². The molecule has 1 saturated heterocycles. The van der Waals surface area contributed by atoms with Crippen LogP contribution in [0, 0.1) is 12.7 Å². The molecule has 1 atom stereocenters. The fourth-order valence-electron chi connectivity index (χ4n) is 4.44. The normalized spacial score (nSPS) is 22.6. The number of nitrogens with one attached hydrogen (secondary N) is 1. The first-order chi connectivity index (χ1) is 15.9. The lowest BCUT2D eigenvalue weighted by Crippen LogP contribution is -2.76. The summed E-state index contributed by atoms with van der Waals surface area (Å²) in [4.78, 5) is 34.4. The summed E-state index contributed by atoms with van der Waals surface area (Å²) in [6.45, 7) is 3.15. The van der Waals surface area contributed by atoms with Gasteiger partial charge < -0.3 is 16.0 Å². The quantitative estimate of drug-likeness (QED) is 0.625. The molecule has 0 aliphatic carbocycles. The number of carbonyl (C=O) groups is 2. The molecule has 1 spiro atoms. The number of aliphatic imine (C=N–C) groups is 1. The highest BCUT2D eigenvalue weighted by Gasteiger charge is 2.62. The van der Waals surface area contributed by atoms with E-state index in [0.29, 0.717) is 5.56 Å². The van der Waals surface area contributed by atoms with Crippen molar-refractivity contribution in [2.75, 3.05) is 25.9 Å². The molecule has 34 heavy (non-hydrogen) atoms. The first-order valence-corrected chi connectivity index (χ1v) is 12.4. The van der Waals surface area contributed by atoms with Crippen LogP contribution >= 0.6 is 0 Å². The third kappa shape index (κ3) is 3.83. The summed E-state index contributed by atoms with van der Waals surface area (Å²) >= 11 is 0. The molecule has 11 heteroatoms. The SMILES string of the molecule is CNC(=O)N1CC2(C1)C(N)=N[C@](C)(c1cc(CC(=O)c3ccc(C)cn3)ccc1F)CS2(=O)=O.